The van der Waals surface area contributed by atoms with Crippen molar-refractivity contribution in [2.75, 3.05) is 34.4 Å². The van der Waals surface area contributed by atoms with E-state index in [2.05, 4.69) is 10.1 Å². The van der Waals surface area contributed by atoms with Gasteiger partial charge in [-0.3, -0.25) is 15.0 Å². The predicted molar refractivity (Wildman–Crippen MR) is 38.6 cm³/mol. The molecule has 0 aliphatic carbocycles. The minimum absolute atomic E-state index is 0.234. The van der Waals surface area contributed by atoms with Gasteiger partial charge in [-0.05, 0) is 14.1 Å². The summed E-state index contributed by atoms with van der Waals surface area (Å²) in [7, 11) is 5.22. The molecule has 4 heteroatoms. The molecule has 0 radical (unpaired) electrons. The molecule has 0 aromatic carbocycles. The Morgan fingerprint density at radius 3 is 2.60 bits per heavy atom. The summed E-state index contributed by atoms with van der Waals surface area (Å²) in [5.74, 6) is -0.234. The summed E-state index contributed by atoms with van der Waals surface area (Å²) in [5.41, 5.74) is 0. The Morgan fingerprint density at radius 1 is 1.60 bits per heavy atom. The van der Waals surface area contributed by atoms with Crippen molar-refractivity contribution in [3.05, 3.63) is 0 Å². The van der Waals surface area contributed by atoms with Crippen molar-refractivity contribution in [3.63, 3.8) is 0 Å². The minimum atomic E-state index is -0.234. The van der Waals surface area contributed by atoms with E-state index in [1.807, 2.05) is 19.0 Å². The summed E-state index contributed by atoms with van der Waals surface area (Å²) >= 11 is 0. The lowest BCUT2D eigenvalue weighted by Gasteiger charge is -2.09. The van der Waals surface area contributed by atoms with E-state index < -0.39 is 0 Å². The molecule has 0 aliphatic rings. The molecule has 0 amide bonds. The Balaban J connectivity index is 3.12. The maximum atomic E-state index is 10.5. The third-order valence-electron chi connectivity index (χ3n) is 0.925. The first-order chi connectivity index (χ1) is 4.66. The quantitative estimate of drug-likeness (QED) is 0.419. The lowest BCUT2D eigenvalue weighted by molar-refractivity contribution is -0.139. The second-order valence-corrected chi connectivity index (χ2v) is 2.24. The molecule has 0 aromatic heterocycles. The zero-order valence-corrected chi connectivity index (χ0v) is 6.68. The zero-order chi connectivity index (χ0) is 7.98. The van der Waals surface area contributed by atoms with Gasteiger partial charge in [-0.2, -0.15) is 0 Å². The Labute approximate surface area is 61.1 Å². The van der Waals surface area contributed by atoms with Crippen molar-refractivity contribution in [1.82, 2.24) is 10.2 Å². The molecular formula is C6H14N2O2. The van der Waals surface area contributed by atoms with Crippen molar-refractivity contribution in [2.24, 2.45) is 0 Å². The van der Waals surface area contributed by atoms with E-state index in [0.717, 1.165) is 0 Å². The second-order valence-electron chi connectivity index (χ2n) is 2.24. The van der Waals surface area contributed by atoms with Crippen LogP contribution >= 0.6 is 0 Å². The molecule has 10 heavy (non-hydrogen) atoms. The molecule has 0 aromatic rings. The van der Waals surface area contributed by atoms with Crippen LogP contribution in [0.1, 0.15) is 0 Å². The van der Waals surface area contributed by atoms with Gasteiger partial charge < -0.3 is 4.74 Å². The van der Waals surface area contributed by atoms with Crippen LogP contribution in [0.25, 0.3) is 0 Å². The van der Waals surface area contributed by atoms with Crippen molar-refractivity contribution < 1.29 is 9.53 Å². The monoisotopic (exact) mass is 146 g/mol. The van der Waals surface area contributed by atoms with Crippen LogP contribution in [-0.4, -0.2) is 45.3 Å². The molecule has 0 unspecified atom stereocenters. The predicted octanol–water partition coefficient (Wildman–Crippen LogP) is -0.732. The number of methoxy groups -OCH3 is 1. The first-order valence-corrected chi connectivity index (χ1v) is 3.09. The van der Waals surface area contributed by atoms with E-state index in [4.69, 9.17) is 0 Å². The molecule has 0 saturated heterocycles. The number of nitrogens with one attached hydrogen (secondary N) is 1. The largest absolute Gasteiger partial charge is 0.468 e. The van der Waals surface area contributed by atoms with Crippen LogP contribution in [0.5, 0.6) is 0 Å². The van der Waals surface area contributed by atoms with Crippen LogP contribution in [0, 0.1) is 0 Å². The van der Waals surface area contributed by atoms with Crippen LogP contribution in [-0.2, 0) is 9.53 Å². The van der Waals surface area contributed by atoms with E-state index >= 15 is 0 Å². The first-order valence-electron chi connectivity index (χ1n) is 3.09. The smallest absolute Gasteiger partial charge is 0.319 e. The number of hydrogen-bond acceptors (Lipinski definition) is 4. The summed E-state index contributed by atoms with van der Waals surface area (Å²) in [6.45, 7) is 0.962. The van der Waals surface area contributed by atoms with E-state index in [9.17, 15) is 4.79 Å². The van der Waals surface area contributed by atoms with E-state index in [-0.39, 0.29) is 12.5 Å². The highest BCUT2D eigenvalue weighted by Crippen LogP contribution is 1.71. The number of ether oxygens (including phenoxy) is 1. The van der Waals surface area contributed by atoms with Gasteiger partial charge in [0.25, 0.3) is 0 Å². The van der Waals surface area contributed by atoms with Gasteiger partial charge in [0.15, 0.2) is 0 Å². The highest BCUT2D eigenvalue weighted by atomic mass is 16.5. The van der Waals surface area contributed by atoms with Crippen LogP contribution in [0.15, 0.2) is 0 Å². The van der Waals surface area contributed by atoms with Gasteiger partial charge in [0.1, 0.15) is 0 Å². The van der Waals surface area contributed by atoms with E-state index in [1.165, 1.54) is 7.11 Å². The maximum Gasteiger partial charge on any atom is 0.319 e. The third-order valence-corrected chi connectivity index (χ3v) is 0.925. The van der Waals surface area contributed by atoms with Gasteiger partial charge in [-0.15, -0.1) is 0 Å². The molecule has 0 atom stereocenters. The molecule has 0 fully saturated rings. The van der Waals surface area contributed by atoms with Gasteiger partial charge in [0.05, 0.1) is 13.7 Å². The van der Waals surface area contributed by atoms with E-state index in [1.54, 1.807) is 0 Å². The summed E-state index contributed by atoms with van der Waals surface area (Å²) < 4.78 is 4.41. The summed E-state index contributed by atoms with van der Waals surface area (Å²) in [5, 5.41) is 2.89. The summed E-state index contributed by atoms with van der Waals surface area (Å²) in [6.07, 6.45) is 0. The number of carbonyl (C=O) groups is 1. The Morgan fingerprint density at radius 2 is 2.20 bits per heavy atom. The topological polar surface area (TPSA) is 41.6 Å². The minimum Gasteiger partial charge on any atom is -0.468 e. The lowest BCUT2D eigenvalue weighted by Crippen LogP contribution is -2.32. The molecular weight excluding hydrogens is 132 g/mol. The number of carbonyl (C=O) groups excluding carboxylic acids is 1. The van der Waals surface area contributed by atoms with E-state index in [0.29, 0.717) is 6.67 Å². The SMILES string of the molecule is COC(=O)CNCN(C)C. The lowest BCUT2D eigenvalue weighted by atomic mass is 10.6. The van der Waals surface area contributed by atoms with Crippen LogP contribution < -0.4 is 5.32 Å². The number of esters is 1. The third kappa shape index (κ3) is 5.53. The number of rotatable bonds is 4. The molecule has 0 rings (SSSR count). The molecule has 0 bridgehead atoms. The van der Waals surface area contributed by atoms with Crippen molar-refractivity contribution in [3.8, 4) is 0 Å². The van der Waals surface area contributed by atoms with Crippen molar-refractivity contribution in [1.29, 1.82) is 0 Å². The van der Waals surface area contributed by atoms with Gasteiger partial charge in [-0.25, -0.2) is 0 Å². The molecule has 4 nitrogen and oxygen atoms in total. The first kappa shape index (κ1) is 9.39. The van der Waals surface area contributed by atoms with Crippen LogP contribution in [0.2, 0.25) is 0 Å². The van der Waals surface area contributed by atoms with Crippen molar-refractivity contribution in [2.45, 2.75) is 0 Å². The van der Waals surface area contributed by atoms with Crippen molar-refractivity contribution >= 4 is 5.97 Å². The van der Waals surface area contributed by atoms with Gasteiger partial charge in [-0.1, -0.05) is 0 Å². The van der Waals surface area contributed by atoms with Crippen LogP contribution in [0.4, 0.5) is 0 Å². The van der Waals surface area contributed by atoms with Gasteiger partial charge in [0.2, 0.25) is 0 Å². The fraction of sp³-hybridized carbons (Fsp3) is 0.833. The molecule has 0 heterocycles. The normalized spacial score (nSPS) is 10.0. The highest BCUT2D eigenvalue weighted by Gasteiger charge is 1.97. The standard InChI is InChI=1S/C6H14N2O2/c1-8(2)5-7-4-6(9)10-3/h7H,4-5H2,1-3H3. The molecule has 0 saturated carbocycles. The molecule has 1 N–H and O–H groups in total. The Kier molecular flexibility index (Phi) is 4.88. The average molecular weight is 146 g/mol. The number of hydrogen-bond donors (Lipinski definition) is 1. The summed E-state index contributed by atoms with van der Waals surface area (Å²) in [4.78, 5) is 12.4. The Hall–Kier alpha value is -0.610. The highest BCUT2D eigenvalue weighted by molar-refractivity contribution is 5.71. The maximum absolute atomic E-state index is 10.5. The molecule has 0 spiro atoms. The van der Waals surface area contributed by atoms with Gasteiger partial charge in [0, 0.05) is 6.67 Å². The van der Waals surface area contributed by atoms with Crippen LogP contribution in [0.3, 0.4) is 0 Å². The fourth-order valence-electron chi connectivity index (χ4n) is 0.454. The Bertz CT molecular complexity index is 104. The second kappa shape index (κ2) is 5.20. The fourth-order valence-corrected chi connectivity index (χ4v) is 0.454. The summed E-state index contributed by atoms with van der Waals surface area (Å²) in [6, 6.07) is 0. The average Bonchev–Trinajstić information content (AvgIpc) is 1.87. The molecule has 0 aliphatic heterocycles. The van der Waals surface area contributed by atoms with Gasteiger partial charge >= 0.3 is 5.97 Å². The molecule has 60 valence electrons. The zero-order valence-electron chi connectivity index (χ0n) is 6.68. The number of nitrogens with zero attached hydrogens (tertiary/aromatic N) is 1.